The largest absolute Gasteiger partial charge is 0.507 e. The van der Waals surface area contributed by atoms with Crippen molar-refractivity contribution in [2.75, 3.05) is 11.5 Å². The molecule has 1 N–H and O–H groups in total. The number of ketones is 1. The Labute approximate surface area is 200 Å². The molecule has 5 nitrogen and oxygen atoms in total. The number of carbonyl (C=O) groups is 2. The number of hydrogen-bond donors (Lipinski definition) is 1. The molecule has 0 bridgehead atoms. The molecule has 174 valence electrons. The molecule has 0 spiro atoms. The quantitative estimate of drug-likeness (QED) is 0.283. The van der Waals surface area contributed by atoms with Crippen molar-refractivity contribution in [1.82, 2.24) is 0 Å². The molecule has 1 aliphatic rings. The second-order valence-electron chi connectivity index (χ2n) is 9.04. The van der Waals surface area contributed by atoms with Crippen LogP contribution in [-0.2, 0) is 9.59 Å². The summed E-state index contributed by atoms with van der Waals surface area (Å²) in [6.45, 7) is 8.48. The van der Waals surface area contributed by atoms with Crippen molar-refractivity contribution in [1.29, 1.82) is 0 Å². The van der Waals surface area contributed by atoms with Crippen LogP contribution in [0.25, 0.3) is 5.76 Å². The molecule has 5 heteroatoms. The Morgan fingerprint density at radius 1 is 0.941 bits per heavy atom. The number of hydrogen-bond acceptors (Lipinski definition) is 4. The molecule has 4 rings (SSSR count). The summed E-state index contributed by atoms with van der Waals surface area (Å²) in [5.41, 5.74) is 3.73. The molecular weight excluding hydrogens is 426 g/mol. The summed E-state index contributed by atoms with van der Waals surface area (Å²) < 4.78 is 5.81. The first kappa shape index (κ1) is 23.3. The van der Waals surface area contributed by atoms with Gasteiger partial charge in [0.2, 0.25) is 0 Å². The Balaban J connectivity index is 1.90. The number of aryl methyl sites for hydroxylation is 2. The van der Waals surface area contributed by atoms with E-state index in [1.54, 1.807) is 18.2 Å². The molecule has 3 aromatic rings. The summed E-state index contributed by atoms with van der Waals surface area (Å²) in [6.07, 6.45) is 0. The number of anilines is 1. The van der Waals surface area contributed by atoms with Crippen molar-refractivity contribution >= 4 is 23.1 Å². The highest BCUT2D eigenvalue weighted by Crippen LogP contribution is 2.44. The molecule has 1 fully saturated rings. The fourth-order valence-corrected chi connectivity index (χ4v) is 4.25. The maximum absolute atomic E-state index is 13.4. The molecular formula is C29H29NO4. The van der Waals surface area contributed by atoms with Crippen LogP contribution in [0.4, 0.5) is 5.69 Å². The summed E-state index contributed by atoms with van der Waals surface area (Å²) in [6, 6.07) is 21.3. The second-order valence-corrected chi connectivity index (χ2v) is 9.04. The molecule has 1 aliphatic heterocycles. The minimum absolute atomic E-state index is 0.0727. The minimum Gasteiger partial charge on any atom is -0.507 e. The van der Waals surface area contributed by atoms with E-state index in [2.05, 4.69) is 13.8 Å². The molecule has 34 heavy (non-hydrogen) atoms. The lowest BCUT2D eigenvalue weighted by atomic mass is 9.92. The second kappa shape index (κ2) is 9.56. The van der Waals surface area contributed by atoms with E-state index in [0.717, 1.165) is 16.7 Å². The van der Waals surface area contributed by atoms with Crippen LogP contribution in [0.2, 0.25) is 0 Å². The molecule has 0 aromatic heterocycles. The van der Waals surface area contributed by atoms with Gasteiger partial charge in [0, 0.05) is 11.3 Å². The van der Waals surface area contributed by atoms with E-state index in [1.165, 1.54) is 4.90 Å². The monoisotopic (exact) mass is 455 g/mol. The third-order valence-corrected chi connectivity index (χ3v) is 5.99. The van der Waals surface area contributed by atoms with E-state index in [-0.39, 0.29) is 11.3 Å². The zero-order valence-corrected chi connectivity index (χ0v) is 19.9. The molecule has 3 aromatic carbocycles. The minimum atomic E-state index is -0.748. The van der Waals surface area contributed by atoms with Gasteiger partial charge in [-0.25, -0.2) is 0 Å². The highest BCUT2D eigenvalue weighted by atomic mass is 16.5. The number of rotatable bonds is 6. The lowest BCUT2D eigenvalue weighted by molar-refractivity contribution is -0.132. The molecule has 1 atom stereocenters. The Hall–Kier alpha value is -3.86. The lowest BCUT2D eigenvalue weighted by Gasteiger charge is -2.27. The Bertz CT molecular complexity index is 1270. The third kappa shape index (κ3) is 4.34. The highest BCUT2D eigenvalue weighted by molar-refractivity contribution is 6.51. The van der Waals surface area contributed by atoms with Crippen molar-refractivity contribution in [3.63, 3.8) is 0 Å². The summed E-state index contributed by atoms with van der Waals surface area (Å²) in [5, 5.41) is 11.4. The van der Waals surface area contributed by atoms with Gasteiger partial charge in [0.25, 0.3) is 11.7 Å². The first-order chi connectivity index (χ1) is 16.3. The molecule has 1 saturated heterocycles. The van der Waals surface area contributed by atoms with E-state index >= 15 is 0 Å². The lowest BCUT2D eigenvalue weighted by Crippen LogP contribution is -2.30. The number of amides is 1. The molecule has 1 unspecified atom stereocenters. The summed E-state index contributed by atoms with van der Waals surface area (Å²) in [4.78, 5) is 28.2. The molecule has 0 radical (unpaired) electrons. The SMILES string of the molecule is Cc1ccccc1C1/C(=C(\O)c2cccc(OCC(C)C)c2)C(=O)C(=O)N1c1ccccc1C. The van der Waals surface area contributed by atoms with E-state index in [1.807, 2.05) is 68.4 Å². The number of nitrogens with zero attached hydrogens (tertiary/aromatic N) is 1. The van der Waals surface area contributed by atoms with Crippen LogP contribution in [-0.4, -0.2) is 23.4 Å². The van der Waals surface area contributed by atoms with Crippen molar-refractivity contribution < 1.29 is 19.4 Å². The van der Waals surface area contributed by atoms with Crippen LogP contribution in [0, 0.1) is 19.8 Å². The van der Waals surface area contributed by atoms with E-state index < -0.39 is 17.7 Å². The summed E-state index contributed by atoms with van der Waals surface area (Å²) in [5.74, 6) is -0.632. The van der Waals surface area contributed by atoms with E-state index in [0.29, 0.717) is 29.5 Å². The number of para-hydroxylation sites is 1. The van der Waals surface area contributed by atoms with Gasteiger partial charge in [0.15, 0.2) is 0 Å². The predicted octanol–water partition coefficient (Wildman–Crippen LogP) is 5.96. The zero-order valence-electron chi connectivity index (χ0n) is 19.9. The smallest absolute Gasteiger partial charge is 0.300 e. The number of aliphatic hydroxyl groups is 1. The van der Waals surface area contributed by atoms with Gasteiger partial charge in [-0.05, 0) is 54.7 Å². The fraction of sp³-hybridized carbons (Fsp3) is 0.241. The average Bonchev–Trinajstić information content (AvgIpc) is 3.08. The number of Topliss-reactive ketones (excluding diaryl/α,β-unsaturated/α-hetero) is 1. The molecule has 1 heterocycles. The Kier molecular flexibility index (Phi) is 6.55. The Morgan fingerprint density at radius 3 is 2.29 bits per heavy atom. The fourth-order valence-electron chi connectivity index (χ4n) is 4.25. The van der Waals surface area contributed by atoms with Crippen LogP contribution in [0.5, 0.6) is 5.75 Å². The topological polar surface area (TPSA) is 66.8 Å². The van der Waals surface area contributed by atoms with Gasteiger partial charge in [0.1, 0.15) is 11.5 Å². The van der Waals surface area contributed by atoms with Gasteiger partial charge in [-0.15, -0.1) is 0 Å². The average molecular weight is 456 g/mol. The first-order valence-corrected chi connectivity index (χ1v) is 11.4. The third-order valence-electron chi connectivity index (χ3n) is 5.99. The van der Waals surface area contributed by atoms with Crippen molar-refractivity contribution in [3.8, 4) is 5.75 Å². The van der Waals surface area contributed by atoms with E-state index in [9.17, 15) is 14.7 Å². The van der Waals surface area contributed by atoms with Crippen LogP contribution < -0.4 is 9.64 Å². The number of carbonyl (C=O) groups excluding carboxylic acids is 2. The van der Waals surface area contributed by atoms with E-state index in [4.69, 9.17) is 4.74 Å². The number of benzene rings is 3. The highest BCUT2D eigenvalue weighted by Gasteiger charge is 2.47. The van der Waals surface area contributed by atoms with Gasteiger partial charge < -0.3 is 9.84 Å². The van der Waals surface area contributed by atoms with Crippen molar-refractivity contribution in [2.45, 2.75) is 33.7 Å². The van der Waals surface area contributed by atoms with Gasteiger partial charge in [0.05, 0.1) is 18.2 Å². The Morgan fingerprint density at radius 2 is 1.62 bits per heavy atom. The van der Waals surface area contributed by atoms with Gasteiger partial charge in [-0.1, -0.05) is 68.4 Å². The predicted molar refractivity (Wildman–Crippen MR) is 134 cm³/mol. The number of ether oxygens (including phenoxy) is 1. The molecule has 0 saturated carbocycles. The molecule has 0 aliphatic carbocycles. The van der Waals surface area contributed by atoms with Crippen LogP contribution in [0.1, 0.15) is 42.1 Å². The molecule has 1 amide bonds. The van der Waals surface area contributed by atoms with Crippen molar-refractivity contribution in [3.05, 3.63) is 101 Å². The maximum atomic E-state index is 13.4. The summed E-state index contributed by atoms with van der Waals surface area (Å²) in [7, 11) is 0. The normalized spacial score (nSPS) is 17.4. The standard InChI is InChI=1S/C29H29NO4/c1-18(2)17-34-22-13-9-12-21(16-22)27(31)25-26(23-14-7-5-10-19(23)3)30(29(33)28(25)32)24-15-8-6-11-20(24)4/h5-16,18,26,31H,17H2,1-4H3/b27-25+. The van der Waals surface area contributed by atoms with Crippen LogP contribution in [0.15, 0.2) is 78.4 Å². The van der Waals surface area contributed by atoms with Crippen LogP contribution in [0.3, 0.4) is 0 Å². The van der Waals surface area contributed by atoms with Gasteiger partial charge >= 0.3 is 0 Å². The van der Waals surface area contributed by atoms with Gasteiger partial charge in [-0.3, -0.25) is 14.5 Å². The van der Waals surface area contributed by atoms with Crippen molar-refractivity contribution in [2.24, 2.45) is 5.92 Å². The zero-order chi connectivity index (χ0) is 24.4. The van der Waals surface area contributed by atoms with Gasteiger partial charge in [-0.2, -0.15) is 0 Å². The van der Waals surface area contributed by atoms with Crippen LogP contribution >= 0.6 is 0 Å². The number of aliphatic hydroxyl groups excluding tert-OH is 1. The maximum Gasteiger partial charge on any atom is 0.300 e. The first-order valence-electron chi connectivity index (χ1n) is 11.4. The summed E-state index contributed by atoms with van der Waals surface area (Å²) >= 11 is 0.